The van der Waals surface area contributed by atoms with Crippen LogP contribution in [-0.4, -0.2) is 0 Å². The Morgan fingerprint density at radius 3 is 1.81 bits per heavy atom. The molecule has 0 nitrogen and oxygen atoms in total. The van der Waals surface area contributed by atoms with E-state index in [0.717, 1.165) is 0 Å². The molecule has 1 aromatic carbocycles. The van der Waals surface area contributed by atoms with E-state index >= 15 is 0 Å². The Hall–Kier alpha value is -0.780. The molecule has 0 saturated carbocycles. The molecule has 90 valence electrons. The van der Waals surface area contributed by atoms with Gasteiger partial charge in [0.15, 0.2) is 0 Å². The second-order valence-corrected chi connectivity index (χ2v) is 6.31. The van der Waals surface area contributed by atoms with Crippen LogP contribution in [0.25, 0.3) is 0 Å². The van der Waals surface area contributed by atoms with Crippen LogP contribution in [-0.2, 0) is 5.41 Å². The summed E-state index contributed by atoms with van der Waals surface area (Å²) in [6, 6.07) is 2.39. The molecule has 0 radical (unpaired) electrons. The van der Waals surface area contributed by atoms with Gasteiger partial charge in [0.1, 0.15) is 0 Å². The van der Waals surface area contributed by atoms with Crippen LogP contribution >= 0.6 is 0 Å². The summed E-state index contributed by atoms with van der Waals surface area (Å²) in [5.41, 5.74) is 7.68. The van der Waals surface area contributed by atoms with Crippen LogP contribution in [0.3, 0.4) is 0 Å². The van der Waals surface area contributed by atoms with Crippen molar-refractivity contribution in [3.8, 4) is 0 Å². The van der Waals surface area contributed by atoms with Gasteiger partial charge in [0.25, 0.3) is 0 Å². The Labute approximate surface area is 101 Å². The van der Waals surface area contributed by atoms with Crippen LogP contribution in [0, 0.1) is 20.8 Å². The van der Waals surface area contributed by atoms with E-state index in [0.29, 0.717) is 5.92 Å². The average Bonchev–Trinajstić information content (AvgIpc) is 2.09. The molecule has 0 aromatic heterocycles. The van der Waals surface area contributed by atoms with Crippen molar-refractivity contribution in [3.63, 3.8) is 0 Å². The first-order chi connectivity index (χ1) is 7.16. The molecule has 0 amide bonds. The SMILES string of the molecule is Cc1cc(C(C)(C)C)c(C)c(C)c1C(C)C. The van der Waals surface area contributed by atoms with Gasteiger partial charge in [-0.2, -0.15) is 0 Å². The first kappa shape index (κ1) is 13.3. The lowest BCUT2D eigenvalue weighted by molar-refractivity contribution is 0.583. The maximum Gasteiger partial charge on any atom is -0.0129 e. The van der Waals surface area contributed by atoms with Crippen LogP contribution in [0.15, 0.2) is 6.07 Å². The Bertz CT molecular complexity index is 389. The summed E-state index contributed by atoms with van der Waals surface area (Å²) >= 11 is 0. The Balaban J connectivity index is 3.52. The Kier molecular flexibility index (Phi) is 3.52. The monoisotopic (exact) mass is 218 g/mol. The summed E-state index contributed by atoms with van der Waals surface area (Å²) in [5, 5.41) is 0. The molecule has 0 aliphatic carbocycles. The van der Waals surface area contributed by atoms with E-state index in [2.05, 4.69) is 61.5 Å². The zero-order chi connectivity index (χ0) is 12.7. The van der Waals surface area contributed by atoms with Crippen LogP contribution in [0.1, 0.15) is 68.4 Å². The highest BCUT2D eigenvalue weighted by Crippen LogP contribution is 2.33. The van der Waals surface area contributed by atoms with E-state index in [1.807, 2.05) is 0 Å². The van der Waals surface area contributed by atoms with Crippen LogP contribution in [0.2, 0.25) is 0 Å². The van der Waals surface area contributed by atoms with Crippen molar-refractivity contribution in [1.29, 1.82) is 0 Å². The summed E-state index contributed by atoms with van der Waals surface area (Å²) in [6.45, 7) is 18.2. The third-order valence-electron chi connectivity index (χ3n) is 3.54. The maximum absolute atomic E-state index is 2.39. The number of aryl methyl sites for hydroxylation is 1. The number of hydrogen-bond donors (Lipinski definition) is 0. The Morgan fingerprint density at radius 1 is 0.938 bits per heavy atom. The average molecular weight is 218 g/mol. The molecular weight excluding hydrogens is 192 g/mol. The van der Waals surface area contributed by atoms with Gasteiger partial charge in [-0.05, 0) is 59.9 Å². The van der Waals surface area contributed by atoms with E-state index in [4.69, 9.17) is 0 Å². The molecule has 0 fully saturated rings. The minimum Gasteiger partial charge on any atom is -0.0587 e. The van der Waals surface area contributed by atoms with Crippen molar-refractivity contribution < 1.29 is 0 Å². The van der Waals surface area contributed by atoms with Crippen molar-refractivity contribution >= 4 is 0 Å². The molecule has 0 spiro atoms. The maximum atomic E-state index is 2.39. The van der Waals surface area contributed by atoms with E-state index in [-0.39, 0.29) is 5.41 Å². The van der Waals surface area contributed by atoms with Crippen LogP contribution in [0.4, 0.5) is 0 Å². The van der Waals surface area contributed by atoms with Crippen molar-refractivity contribution in [2.24, 2.45) is 0 Å². The predicted molar refractivity (Wildman–Crippen MR) is 73.4 cm³/mol. The zero-order valence-corrected chi connectivity index (χ0v) is 12.2. The molecule has 0 aliphatic rings. The van der Waals surface area contributed by atoms with Crippen molar-refractivity contribution in [3.05, 3.63) is 33.9 Å². The lowest BCUT2D eigenvalue weighted by Crippen LogP contribution is -2.15. The van der Waals surface area contributed by atoms with Gasteiger partial charge in [-0.15, -0.1) is 0 Å². The first-order valence-corrected chi connectivity index (χ1v) is 6.27. The fourth-order valence-electron chi connectivity index (χ4n) is 2.77. The number of benzene rings is 1. The quantitative estimate of drug-likeness (QED) is 0.620. The number of hydrogen-bond acceptors (Lipinski definition) is 0. The van der Waals surface area contributed by atoms with Crippen molar-refractivity contribution in [2.45, 2.75) is 66.7 Å². The molecule has 0 atom stereocenters. The van der Waals surface area contributed by atoms with Gasteiger partial charge in [-0.25, -0.2) is 0 Å². The Morgan fingerprint density at radius 2 is 1.44 bits per heavy atom. The summed E-state index contributed by atoms with van der Waals surface area (Å²) in [4.78, 5) is 0. The summed E-state index contributed by atoms with van der Waals surface area (Å²) in [6.07, 6.45) is 0. The molecule has 0 N–H and O–H groups in total. The number of rotatable bonds is 1. The van der Waals surface area contributed by atoms with Gasteiger partial charge in [0.2, 0.25) is 0 Å². The van der Waals surface area contributed by atoms with Crippen molar-refractivity contribution in [1.82, 2.24) is 0 Å². The summed E-state index contributed by atoms with van der Waals surface area (Å²) in [5.74, 6) is 0.618. The summed E-state index contributed by atoms with van der Waals surface area (Å²) < 4.78 is 0. The van der Waals surface area contributed by atoms with E-state index < -0.39 is 0 Å². The summed E-state index contributed by atoms with van der Waals surface area (Å²) in [7, 11) is 0. The molecule has 0 bridgehead atoms. The lowest BCUT2D eigenvalue weighted by Gasteiger charge is -2.27. The highest BCUT2D eigenvalue weighted by atomic mass is 14.3. The van der Waals surface area contributed by atoms with Crippen LogP contribution in [0.5, 0.6) is 0 Å². The van der Waals surface area contributed by atoms with E-state index in [1.165, 1.54) is 27.8 Å². The second kappa shape index (κ2) is 4.24. The molecule has 0 saturated heterocycles. The predicted octanol–water partition coefficient (Wildman–Crippen LogP) is 5.03. The van der Waals surface area contributed by atoms with Crippen LogP contribution < -0.4 is 0 Å². The van der Waals surface area contributed by atoms with E-state index in [1.54, 1.807) is 0 Å². The standard InChI is InChI=1S/C16H26/c1-10(2)15-11(3)9-14(16(6,7)8)12(4)13(15)5/h9-10H,1-8H3. The fourth-order valence-corrected chi connectivity index (χ4v) is 2.77. The molecular formula is C16H26. The molecule has 0 unspecified atom stereocenters. The topological polar surface area (TPSA) is 0 Å². The third kappa shape index (κ3) is 2.31. The third-order valence-corrected chi connectivity index (χ3v) is 3.54. The minimum atomic E-state index is 0.245. The largest absolute Gasteiger partial charge is 0.0587 e. The van der Waals surface area contributed by atoms with Gasteiger partial charge in [-0.1, -0.05) is 40.7 Å². The molecule has 1 aromatic rings. The van der Waals surface area contributed by atoms with Gasteiger partial charge in [-0.3, -0.25) is 0 Å². The molecule has 0 heteroatoms. The highest BCUT2D eigenvalue weighted by molar-refractivity contribution is 5.48. The van der Waals surface area contributed by atoms with Gasteiger partial charge in [0, 0.05) is 0 Å². The lowest BCUT2D eigenvalue weighted by atomic mass is 9.78. The van der Waals surface area contributed by atoms with E-state index in [9.17, 15) is 0 Å². The zero-order valence-electron chi connectivity index (χ0n) is 12.2. The normalized spacial score (nSPS) is 12.3. The van der Waals surface area contributed by atoms with Gasteiger partial charge >= 0.3 is 0 Å². The molecule has 1 rings (SSSR count). The molecule has 0 aliphatic heterocycles. The molecule has 16 heavy (non-hydrogen) atoms. The van der Waals surface area contributed by atoms with Gasteiger partial charge in [0.05, 0.1) is 0 Å². The smallest absolute Gasteiger partial charge is 0.0129 e. The second-order valence-electron chi connectivity index (χ2n) is 6.31. The minimum absolute atomic E-state index is 0.245. The first-order valence-electron chi connectivity index (χ1n) is 6.27. The molecule has 0 heterocycles. The highest BCUT2D eigenvalue weighted by Gasteiger charge is 2.20. The van der Waals surface area contributed by atoms with Crippen molar-refractivity contribution in [2.75, 3.05) is 0 Å². The van der Waals surface area contributed by atoms with Gasteiger partial charge < -0.3 is 0 Å². The fraction of sp³-hybridized carbons (Fsp3) is 0.625.